The molecule has 0 radical (unpaired) electrons. The van der Waals surface area contributed by atoms with E-state index in [1.54, 1.807) is 7.05 Å². The van der Waals surface area contributed by atoms with E-state index in [1.807, 2.05) is 30.9 Å². The van der Waals surface area contributed by atoms with Crippen molar-refractivity contribution in [2.24, 2.45) is 9.98 Å². The lowest BCUT2D eigenvalue weighted by atomic mass is 10.3. The van der Waals surface area contributed by atoms with Gasteiger partial charge in [-0.25, -0.2) is 4.99 Å². The van der Waals surface area contributed by atoms with Crippen LogP contribution in [0.3, 0.4) is 0 Å². The maximum Gasteiger partial charge on any atom is 0.204 e. The van der Waals surface area contributed by atoms with Crippen LogP contribution in [0.5, 0.6) is 0 Å². The number of guanidine groups is 2. The van der Waals surface area contributed by atoms with Crippen LogP contribution in [0.25, 0.3) is 0 Å². The molecule has 5 nitrogen and oxygen atoms in total. The molecule has 1 heterocycles. The molecule has 0 saturated heterocycles. The quantitative estimate of drug-likeness (QED) is 0.651. The summed E-state index contributed by atoms with van der Waals surface area (Å²) in [4.78, 5) is 12.7. The molecule has 0 spiro atoms. The van der Waals surface area contributed by atoms with E-state index in [-0.39, 0.29) is 6.17 Å². The number of hydrogen-bond acceptors (Lipinski definition) is 3. The topological polar surface area (TPSA) is 43.2 Å². The van der Waals surface area contributed by atoms with Crippen LogP contribution in [0, 0.1) is 0 Å². The molecule has 1 unspecified atom stereocenters. The summed E-state index contributed by atoms with van der Waals surface area (Å²) in [6.45, 7) is 2.10. The van der Waals surface area contributed by atoms with Crippen LogP contribution in [0.4, 0.5) is 0 Å². The highest BCUT2D eigenvalue weighted by molar-refractivity contribution is 5.99. The van der Waals surface area contributed by atoms with Gasteiger partial charge in [0.05, 0.1) is 0 Å². The third-order valence-corrected chi connectivity index (χ3v) is 2.18. The molecule has 0 amide bonds. The van der Waals surface area contributed by atoms with Crippen molar-refractivity contribution in [1.82, 2.24) is 15.1 Å². The Morgan fingerprint density at radius 3 is 2.64 bits per heavy atom. The van der Waals surface area contributed by atoms with Crippen molar-refractivity contribution in [1.29, 1.82) is 0 Å². The molecule has 0 saturated carbocycles. The average Bonchev–Trinajstić information content (AvgIpc) is 2.17. The van der Waals surface area contributed by atoms with Crippen LogP contribution in [-0.4, -0.2) is 56.1 Å². The molecule has 1 rings (SSSR count). The third kappa shape index (κ3) is 1.97. The standard InChI is InChI=1S/C9H19N5/c1-6-7-11-8(10-2)14(5)9(12-7)13(3)4/h7H,6H2,1-5H3,(H,10,11). The average molecular weight is 197 g/mol. The highest BCUT2D eigenvalue weighted by Gasteiger charge is 2.23. The summed E-state index contributed by atoms with van der Waals surface area (Å²) in [6, 6.07) is 0. The first-order chi connectivity index (χ1) is 6.60. The molecular formula is C9H19N5. The summed E-state index contributed by atoms with van der Waals surface area (Å²) in [5.41, 5.74) is 0. The predicted octanol–water partition coefficient (Wildman–Crippen LogP) is 0.161. The van der Waals surface area contributed by atoms with Crippen molar-refractivity contribution in [3.05, 3.63) is 0 Å². The molecule has 1 atom stereocenters. The van der Waals surface area contributed by atoms with Crippen molar-refractivity contribution in [3.63, 3.8) is 0 Å². The fourth-order valence-electron chi connectivity index (χ4n) is 1.42. The number of nitrogens with zero attached hydrogens (tertiary/aromatic N) is 4. The summed E-state index contributed by atoms with van der Waals surface area (Å²) < 4.78 is 0. The summed E-state index contributed by atoms with van der Waals surface area (Å²) in [6.07, 6.45) is 1.10. The normalized spacial score (nSPS) is 24.6. The van der Waals surface area contributed by atoms with Gasteiger partial charge in [0, 0.05) is 28.2 Å². The minimum Gasteiger partial charge on any atom is -0.349 e. The molecule has 0 aromatic heterocycles. The molecule has 0 fully saturated rings. The summed E-state index contributed by atoms with van der Waals surface area (Å²) in [5.74, 6) is 1.81. The molecule has 0 bridgehead atoms. The highest BCUT2D eigenvalue weighted by Crippen LogP contribution is 2.05. The van der Waals surface area contributed by atoms with E-state index in [4.69, 9.17) is 0 Å². The molecule has 14 heavy (non-hydrogen) atoms. The van der Waals surface area contributed by atoms with Crippen LogP contribution in [0.15, 0.2) is 9.98 Å². The van der Waals surface area contributed by atoms with Crippen molar-refractivity contribution in [2.45, 2.75) is 19.5 Å². The van der Waals surface area contributed by atoms with Gasteiger partial charge in [-0.05, 0) is 6.42 Å². The maximum atomic E-state index is 4.56. The van der Waals surface area contributed by atoms with Crippen molar-refractivity contribution in [3.8, 4) is 0 Å². The van der Waals surface area contributed by atoms with E-state index in [0.29, 0.717) is 0 Å². The Morgan fingerprint density at radius 2 is 2.21 bits per heavy atom. The van der Waals surface area contributed by atoms with E-state index in [1.165, 1.54) is 0 Å². The Morgan fingerprint density at radius 1 is 1.57 bits per heavy atom. The molecule has 0 aromatic carbocycles. The second-order valence-electron chi connectivity index (χ2n) is 3.50. The summed E-state index contributed by atoms with van der Waals surface area (Å²) >= 11 is 0. The minimum absolute atomic E-state index is 0.141. The van der Waals surface area contributed by atoms with Gasteiger partial charge >= 0.3 is 0 Å². The zero-order chi connectivity index (χ0) is 10.7. The van der Waals surface area contributed by atoms with Crippen LogP contribution < -0.4 is 5.32 Å². The van der Waals surface area contributed by atoms with Gasteiger partial charge in [0.25, 0.3) is 0 Å². The number of aliphatic imine (C=N–C) groups is 2. The molecule has 80 valence electrons. The van der Waals surface area contributed by atoms with E-state index >= 15 is 0 Å². The Kier molecular flexibility index (Phi) is 3.33. The van der Waals surface area contributed by atoms with Gasteiger partial charge in [0.15, 0.2) is 0 Å². The second kappa shape index (κ2) is 4.30. The number of hydrogen-bond donors (Lipinski definition) is 1. The van der Waals surface area contributed by atoms with Crippen LogP contribution in [-0.2, 0) is 0 Å². The van der Waals surface area contributed by atoms with Crippen LogP contribution in [0.2, 0.25) is 0 Å². The third-order valence-electron chi connectivity index (χ3n) is 2.18. The smallest absolute Gasteiger partial charge is 0.204 e. The van der Waals surface area contributed by atoms with Crippen LogP contribution >= 0.6 is 0 Å². The predicted molar refractivity (Wildman–Crippen MR) is 59.5 cm³/mol. The fraction of sp³-hybridized carbons (Fsp3) is 0.778. The second-order valence-corrected chi connectivity index (χ2v) is 3.50. The highest BCUT2D eigenvalue weighted by atomic mass is 15.5. The lowest BCUT2D eigenvalue weighted by Gasteiger charge is -2.34. The van der Waals surface area contributed by atoms with Gasteiger partial charge in [-0.3, -0.25) is 9.89 Å². The van der Waals surface area contributed by atoms with Gasteiger partial charge in [-0.1, -0.05) is 6.92 Å². The first kappa shape index (κ1) is 10.8. The summed E-state index contributed by atoms with van der Waals surface area (Å²) in [7, 11) is 7.71. The van der Waals surface area contributed by atoms with Crippen molar-refractivity contribution < 1.29 is 0 Å². The Labute approximate surface area is 85.5 Å². The first-order valence-corrected chi connectivity index (χ1v) is 4.82. The van der Waals surface area contributed by atoms with Gasteiger partial charge in [-0.2, -0.15) is 0 Å². The lowest BCUT2D eigenvalue weighted by molar-refractivity contribution is 0.457. The Hall–Kier alpha value is -1.26. The lowest BCUT2D eigenvalue weighted by Crippen LogP contribution is -2.55. The molecule has 5 heteroatoms. The van der Waals surface area contributed by atoms with Crippen molar-refractivity contribution >= 4 is 11.9 Å². The zero-order valence-corrected chi connectivity index (χ0v) is 9.57. The number of nitrogens with one attached hydrogen (secondary N) is 1. The SMILES string of the molecule is CCC1N=C(N(C)C)N(C)C(=NC)N1. The molecule has 1 aliphatic heterocycles. The zero-order valence-electron chi connectivity index (χ0n) is 9.57. The van der Waals surface area contributed by atoms with E-state index in [0.717, 1.165) is 18.3 Å². The van der Waals surface area contributed by atoms with Crippen LogP contribution in [0.1, 0.15) is 13.3 Å². The van der Waals surface area contributed by atoms with Gasteiger partial charge in [0.1, 0.15) is 6.17 Å². The first-order valence-electron chi connectivity index (χ1n) is 4.82. The number of rotatable bonds is 1. The van der Waals surface area contributed by atoms with Gasteiger partial charge in [0.2, 0.25) is 11.9 Å². The van der Waals surface area contributed by atoms with E-state index < -0.39 is 0 Å². The monoisotopic (exact) mass is 197 g/mol. The molecule has 0 aromatic rings. The molecular weight excluding hydrogens is 178 g/mol. The molecule has 0 aliphatic carbocycles. The summed E-state index contributed by atoms with van der Waals surface area (Å²) in [5, 5.41) is 3.25. The molecule has 1 aliphatic rings. The van der Waals surface area contributed by atoms with E-state index in [2.05, 4.69) is 22.2 Å². The minimum atomic E-state index is 0.141. The fourth-order valence-corrected chi connectivity index (χ4v) is 1.42. The Bertz CT molecular complexity index is 256. The van der Waals surface area contributed by atoms with E-state index in [9.17, 15) is 0 Å². The molecule has 1 N–H and O–H groups in total. The Balaban J connectivity index is 2.95. The van der Waals surface area contributed by atoms with Gasteiger partial charge < -0.3 is 10.2 Å². The van der Waals surface area contributed by atoms with Gasteiger partial charge in [-0.15, -0.1) is 0 Å². The maximum absolute atomic E-state index is 4.56. The van der Waals surface area contributed by atoms with Crippen molar-refractivity contribution in [2.75, 3.05) is 28.2 Å². The largest absolute Gasteiger partial charge is 0.349 e.